The molecule has 154 valence electrons. The van der Waals surface area contributed by atoms with Gasteiger partial charge in [0.05, 0.1) is 26.7 Å². The van der Waals surface area contributed by atoms with Crippen molar-refractivity contribution in [2.24, 2.45) is 5.92 Å². The molecule has 8 heteroatoms. The van der Waals surface area contributed by atoms with E-state index >= 15 is 0 Å². The zero-order valence-electron chi connectivity index (χ0n) is 16.6. The van der Waals surface area contributed by atoms with Crippen LogP contribution in [-0.4, -0.2) is 73.6 Å². The van der Waals surface area contributed by atoms with Gasteiger partial charge >= 0.3 is 5.97 Å². The van der Waals surface area contributed by atoms with Gasteiger partial charge in [0.2, 0.25) is 11.8 Å². The molecule has 8 nitrogen and oxygen atoms in total. The molecular formula is C20H28N2O6. The van der Waals surface area contributed by atoms with Crippen LogP contribution in [0.5, 0.6) is 11.5 Å². The fourth-order valence-corrected chi connectivity index (χ4v) is 3.31. The molecule has 1 aromatic carbocycles. The molecule has 1 fully saturated rings. The van der Waals surface area contributed by atoms with E-state index in [1.807, 2.05) is 6.07 Å². The van der Waals surface area contributed by atoms with Crippen molar-refractivity contribution >= 4 is 17.8 Å². The minimum Gasteiger partial charge on any atom is -0.497 e. The van der Waals surface area contributed by atoms with Crippen molar-refractivity contribution < 1.29 is 29.0 Å². The SMILES string of the molecule is COc1ccc(OC)c(CCC(=O)N(C)CC(=O)N2CCCC(C(=O)O)C2)c1. The Kier molecular flexibility index (Phi) is 7.66. The van der Waals surface area contributed by atoms with Gasteiger partial charge in [-0.2, -0.15) is 0 Å². The highest BCUT2D eigenvalue weighted by atomic mass is 16.5. The summed E-state index contributed by atoms with van der Waals surface area (Å²) < 4.78 is 10.5. The second kappa shape index (κ2) is 9.96. The van der Waals surface area contributed by atoms with Crippen LogP contribution in [0.25, 0.3) is 0 Å². The molecule has 0 aromatic heterocycles. The van der Waals surface area contributed by atoms with Gasteiger partial charge in [-0.15, -0.1) is 0 Å². The molecule has 28 heavy (non-hydrogen) atoms. The van der Waals surface area contributed by atoms with E-state index in [0.29, 0.717) is 37.3 Å². The number of carboxylic acids is 1. The zero-order chi connectivity index (χ0) is 20.7. The molecule has 1 saturated heterocycles. The molecular weight excluding hydrogens is 364 g/mol. The fraction of sp³-hybridized carbons (Fsp3) is 0.550. The third-order valence-corrected chi connectivity index (χ3v) is 5.02. The highest BCUT2D eigenvalue weighted by Crippen LogP contribution is 2.25. The standard InChI is InChI=1S/C20H28N2O6/c1-21(13-19(24)22-10-4-5-15(12-22)20(25)26)18(23)9-6-14-11-16(27-2)7-8-17(14)28-3/h7-8,11,15H,4-6,9-10,12-13H2,1-3H3,(H,25,26). The molecule has 1 aliphatic rings. The summed E-state index contributed by atoms with van der Waals surface area (Å²) in [4.78, 5) is 39.0. The number of nitrogens with zero attached hydrogens (tertiary/aromatic N) is 2. The molecule has 1 atom stereocenters. The van der Waals surface area contributed by atoms with Gasteiger partial charge in [-0.25, -0.2) is 0 Å². The van der Waals surface area contributed by atoms with Crippen LogP contribution in [0.4, 0.5) is 0 Å². The lowest BCUT2D eigenvalue weighted by Gasteiger charge is -2.32. The van der Waals surface area contributed by atoms with Crippen LogP contribution in [0.15, 0.2) is 18.2 Å². The topological polar surface area (TPSA) is 96.4 Å². The Morgan fingerprint density at radius 2 is 2.00 bits per heavy atom. The Morgan fingerprint density at radius 3 is 2.64 bits per heavy atom. The lowest BCUT2D eigenvalue weighted by molar-refractivity contribution is -0.147. The number of likely N-dealkylation sites (N-methyl/N-ethyl adjacent to an activating group) is 1. The van der Waals surface area contributed by atoms with Gasteiger partial charge in [0, 0.05) is 26.6 Å². The van der Waals surface area contributed by atoms with E-state index in [0.717, 1.165) is 5.56 Å². The first kappa shape index (κ1) is 21.5. The lowest BCUT2D eigenvalue weighted by atomic mass is 9.98. The summed E-state index contributed by atoms with van der Waals surface area (Å²) in [6.45, 7) is 0.684. The predicted molar refractivity (Wildman–Crippen MR) is 102 cm³/mol. The molecule has 0 radical (unpaired) electrons. The van der Waals surface area contributed by atoms with Gasteiger partial charge in [-0.1, -0.05) is 0 Å². The lowest BCUT2D eigenvalue weighted by Crippen LogP contribution is -2.46. The van der Waals surface area contributed by atoms with Crippen molar-refractivity contribution in [3.8, 4) is 11.5 Å². The summed E-state index contributed by atoms with van der Waals surface area (Å²) in [6, 6.07) is 5.41. The van der Waals surface area contributed by atoms with Crippen LogP contribution in [0.3, 0.4) is 0 Å². The number of piperidine rings is 1. The smallest absolute Gasteiger partial charge is 0.308 e. The maximum absolute atomic E-state index is 12.5. The molecule has 0 bridgehead atoms. The third kappa shape index (κ3) is 5.61. The average Bonchev–Trinajstić information content (AvgIpc) is 2.71. The van der Waals surface area contributed by atoms with Gasteiger partial charge in [0.25, 0.3) is 0 Å². The van der Waals surface area contributed by atoms with Crippen molar-refractivity contribution in [3.05, 3.63) is 23.8 Å². The molecule has 1 unspecified atom stereocenters. The Bertz CT molecular complexity index is 721. The van der Waals surface area contributed by atoms with Crippen LogP contribution in [0, 0.1) is 5.92 Å². The molecule has 2 rings (SSSR count). The molecule has 2 amide bonds. The van der Waals surface area contributed by atoms with Crippen molar-refractivity contribution in [3.63, 3.8) is 0 Å². The summed E-state index contributed by atoms with van der Waals surface area (Å²) in [5.41, 5.74) is 0.857. The second-order valence-electron chi connectivity index (χ2n) is 6.94. The Labute approximate surface area is 165 Å². The molecule has 0 saturated carbocycles. The number of ether oxygens (including phenoxy) is 2. The normalized spacial score (nSPS) is 16.4. The number of likely N-dealkylation sites (tertiary alicyclic amines) is 1. The molecule has 0 aliphatic carbocycles. The summed E-state index contributed by atoms with van der Waals surface area (Å²) in [7, 11) is 4.73. The van der Waals surface area contributed by atoms with Gasteiger partial charge < -0.3 is 24.4 Å². The first-order chi connectivity index (χ1) is 13.3. The van der Waals surface area contributed by atoms with Crippen LogP contribution in [-0.2, 0) is 20.8 Å². The summed E-state index contributed by atoms with van der Waals surface area (Å²) in [5, 5.41) is 9.14. The molecule has 0 spiro atoms. The zero-order valence-corrected chi connectivity index (χ0v) is 16.6. The van der Waals surface area contributed by atoms with Crippen LogP contribution in [0.2, 0.25) is 0 Å². The number of carbonyl (C=O) groups is 3. The first-order valence-electron chi connectivity index (χ1n) is 9.31. The summed E-state index contributed by atoms with van der Waals surface area (Å²) in [6.07, 6.45) is 1.93. The highest BCUT2D eigenvalue weighted by Gasteiger charge is 2.28. The number of aryl methyl sites for hydroxylation is 1. The monoisotopic (exact) mass is 392 g/mol. The largest absolute Gasteiger partial charge is 0.497 e. The van der Waals surface area contributed by atoms with E-state index in [-0.39, 0.29) is 31.3 Å². The van der Waals surface area contributed by atoms with Crippen molar-refractivity contribution in [2.75, 3.05) is 40.9 Å². The number of benzene rings is 1. The fourth-order valence-electron chi connectivity index (χ4n) is 3.31. The van der Waals surface area contributed by atoms with Gasteiger partial charge in [-0.3, -0.25) is 14.4 Å². The van der Waals surface area contributed by atoms with E-state index in [9.17, 15) is 14.4 Å². The quantitative estimate of drug-likeness (QED) is 0.719. The highest BCUT2D eigenvalue weighted by molar-refractivity contribution is 5.85. The van der Waals surface area contributed by atoms with E-state index in [2.05, 4.69) is 0 Å². The number of amides is 2. The molecule has 1 N–H and O–H groups in total. The van der Waals surface area contributed by atoms with Gasteiger partial charge in [-0.05, 0) is 43.0 Å². The average molecular weight is 392 g/mol. The number of hydrogen-bond acceptors (Lipinski definition) is 5. The third-order valence-electron chi connectivity index (χ3n) is 5.02. The van der Waals surface area contributed by atoms with Crippen molar-refractivity contribution in [1.29, 1.82) is 0 Å². The van der Waals surface area contributed by atoms with Crippen LogP contribution >= 0.6 is 0 Å². The predicted octanol–water partition coefficient (Wildman–Crippen LogP) is 1.42. The minimum atomic E-state index is -0.880. The summed E-state index contributed by atoms with van der Waals surface area (Å²) >= 11 is 0. The Morgan fingerprint density at radius 1 is 1.25 bits per heavy atom. The number of hydrogen-bond donors (Lipinski definition) is 1. The summed E-state index contributed by atoms with van der Waals surface area (Å²) in [5.74, 6) is -0.426. The maximum atomic E-state index is 12.5. The molecule has 1 aliphatic heterocycles. The number of carbonyl (C=O) groups excluding carboxylic acids is 2. The number of aliphatic carboxylic acids is 1. The van der Waals surface area contributed by atoms with E-state index in [4.69, 9.17) is 14.6 Å². The van der Waals surface area contributed by atoms with Gasteiger partial charge in [0.15, 0.2) is 0 Å². The Balaban J connectivity index is 1.89. The number of rotatable bonds is 8. The van der Waals surface area contributed by atoms with Crippen molar-refractivity contribution in [2.45, 2.75) is 25.7 Å². The van der Waals surface area contributed by atoms with Crippen LogP contribution < -0.4 is 9.47 Å². The van der Waals surface area contributed by atoms with E-state index < -0.39 is 11.9 Å². The minimum absolute atomic E-state index is 0.0551. The van der Waals surface area contributed by atoms with E-state index in [1.165, 1.54) is 9.80 Å². The van der Waals surface area contributed by atoms with Crippen LogP contribution in [0.1, 0.15) is 24.8 Å². The Hall–Kier alpha value is -2.77. The molecule has 1 heterocycles. The van der Waals surface area contributed by atoms with E-state index in [1.54, 1.807) is 33.4 Å². The maximum Gasteiger partial charge on any atom is 0.308 e. The first-order valence-corrected chi connectivity index (χ1v) is 9.31. The number of methoxy groups -OCH3 is 2. The number of carboxylic acid groups (broad SMARTS) is 1. The second-order valence-corrected chi connectivity index (χ2v) is 6.94. The van der Waals surface area contributed by atoms with Gasteiger partial charge in [0.1, 0.15) is 11.5 Å². The van der Waals surface area contributed by atoms with Crippen molar-refractivity contribution in [1.82, 2.24) is 9.80 Å². The molecule has 1 aromatic rings.